The van der Waals surface area contributed by atoms with Crippen LogP contribution >= 0.6 is 11.3 Å². The summed E-state index contributed by atoms with van der Waals surface area (Å²) in [5, 5.41) is 0. The van der Waals surface area contributed by atoms with Gasteiger partial charge in [0.2, 0.25) is 0 Å². The van der Waals surface area contributed by atoms with Gasteiger partial charge in [0.05, 0.1) is 16.5 Å². The van der Waals surface area contributed by atoms with Crippen LogP contribution in [0.4, 0.5) is 0 Å². The third kappa shape index (κ3) is 1.89. The number of fused-ring (bicyclic) bond motifs is 1. The topological polar surface area (TPSA) is 30.0 Å². The van der Waals surface area contributed by atoms with Crippen molar-refractivity contribution >= 4 is 17.1 Å². The van der Waals surface area contributed by atoms with Crippen molar-refractivity contribution in [3.8, 4) is 0 Å². The maximum atomic E-state index is 12.5. The number of thiophene rings is 1. The van der Waals surface area contributed by atoms with E-state index in [0.717, 1.165) is 29.8 Å². The molecule has 0 fully saturated rings. The third-order valence-corrected chi connectivity index (χ3v) is 4.77. The number of carbonyl (C=O) groups excluding carboxylic acids is 1. The van der Waals surface area contributed by atoms with Crippen molar-refractivity contribution in [2.75, 3.05) is 0 Å². The fraction of sp³-hybridized carbons (Fsp3) is 0.333. The van der Waals surface area contributed by atoms with Crippen LogP contribution in [0.5, 0.6) is 0 Å². The molecule has 0 aromatic carbocycles. The molecule has 2 aromatic rings. The first-order valence-electron chi connectivity index (χ1n) is 6.36. The minimum Gasteiger partial charge on any atom is -0.293 e. The van der Waals surface area contributed by atoms with Gasteiger partial charge in [-0.2, -0.15) is 0 Å². The number of pyridine rings is 1. The second-order valence-electron chi connectivity index (χ2n) is 4.62. The molecule has 2 nitrogen and oxygen atoms in total. The van der Waals surface area contributed by atoms with E-state index in [9.17, 15) is 4.79 Å². The predicted molar refractivity (Wildman–Crippen MR) is 73.3 cm³/mol. The van der Waals surface area contributed by atoms with Gasteiger partial charge in [0.15, 0.2) is 5.78 Å². The molecule has 0 saturated carbocycles. The summed E-state index contributed by atoms with van der Waals surface area (Å²) in [4.78, 5) is 19.1. The quantitative estimate of drug-likeness (QED) is 0.786. The van der Waals surface area contributed by atoms with Crippen molar-refractivity contribution < 1.29 is 4.79 Å². The molecule has 1 atom stereocenters. The van der Waals surface area contributed by atoms with Crippen molar-refractivity contribution in [2.45, 2.75) is 32.1 Å². The molecule has 0 aliphatic heterocycles. The number of rotatable bonds is 3. The summed E-state index contributed by atoms with van der Waals surface area (Å²) in [6.07, 6.45) is 4.67. The standard InChI is InChI=1S/C15H15NOS/c1-2-11-6-8-13(18-11)15(17)12-7-5-10-4-3-9-16-14(10)12/h3-4,6,8-9,12H,2,5,7H2,1H3. The Kier molecular flexibility index (Phi) is 3.00. The van der Waals surface area contributed by atoms with Gasteiger partial charge in [-0.1, -0.05) is 13.0 Å². The molecule has 0 radical (unpaired) electrons. The summed E-state index contributed by atoms with van der Waals surface area (Å²) >= 11 is 1.63. The summed E-state index contributed by atoms with van der Waals surface area (Å²) < 4.78 is 0. The van der Waals surface area contributed by atoms with Gasteiger partial charge >= 0.3 is 0 Å². The number of nitrogens with zero attached hydrogens (tertiary/aromatic N) is 1. The van der Waals surface area contributed by atoms with E-state index >= 15 is 0 Å². The zero-order valence-corrected chi connectivity index (χ0v) is 11.2. The Balaban J connectivity index is 1.90. The van der Waals surface area contributed by atoms with Gasteiger partial charge < -0.3 is 0 Å². The van der Waals surface area contributed by atoms with Gasteiger partial charge in [-0.05, 0) is 43.0 Å². The highest BCUT2D eigenvalue weighted by Gasteiger charge is 2.30. The van der Waals surface area contributed by atoms with E-state index < -0.39 is 0 Å². The molecule has 0 N–H and O–H groups in total. The zero-order chi connectivity index (χ0) is 12.5. The lowest BCUT2D eigenvalue weighted by Crippen LogP contribution is -2.09. The SMILES string of the molecule is CCc1ccc(C(=O)C2CCc3cccnc32)s1. The lowest BCUT2D eigenvalue weighted by atomic mass is 10.00. The zero-order valence-electron chi connectivity index (χ0n) is 10.3. The van der Waals surface area contributed by atoms with Crippen LogP contribution in [0.25, 0.3) is 0 Å². The van der Waals surface area contributed by atoms with E-state index in [4.69, 9.17) is 0 Å². The average Bonchev–Trinajstić information content (AvgIpc) is 3.04. The molecule has 1 aliphatic rings. The van der Waals surface area contributed by atoms with Gasteiger partial charge in [0.25, 0.3) is 0 Å². The fourth-order valence-corrected chi connectivity index (χ4v) is 3.48. The molecule has 1 unspecified atom stereocenters. The Morgan fingerprint density at radius 2 is 2.33 bits per heavy atom. The molecule has 2 heterocycles. The number of Topliss-reactive ketones (excluding diaryl/α,β-unsaturated/α-hetero) is 1. The molecule has 0 bridgehead atoms. The highest BCUT2D eigenvalue weighted by Crippen LogP contribution is 2.35. The second kappa shape index (κ2) is 4.65. The summed E-state index contributed by atoms with van der Waals surface area (Å²) in [6, 6.07) is 8.06. The van der Waals surface area contributed by atoms with Crippen LogP contribution in [0.3, 0.4) is 0 Å². The van der Waals surface area contributed by atoms with Crippen LogP contribution in [-0.4, -0.2) is 10.8 Å². The van der Waals surface area contributed by atoms with E-state index in [1.54, 1.807) is 17.5 Å². The molecule has 1 aliphatic carbocycles. The van der Waals surface area contributed by atoms with Gasteiger partial charge in [0.1, 0.15) is 0 Å². The fourth-order valence-electron chi connectivity index (χ4n) is 2.54. The molecule has 18 heavy (non-hydrogen) atoms. The van der Waals surface area contributed by atoms with E-state index in [-0.39, 0.29) is 11.7 Å². The van der Waals surface area contributed by atoms with Gasteiger partial charge in [-0.15, -0.1) is 11.3 Å². The van der Waals surface area contributed by atoms with Gasteiger partial charge in [-0.3, -0.25) is 9.78 Å². The normalized spacial score (nSPS) is 17.7. The largest absolute Gasteiger partial charge is 0.293 e. The lowest BCUT2D eigenvalue weighted by Gasteiger charge is -2.07. The van der Waals surface area contributed by atoms with Crippen LogP contribution in [0.15, 0.2) is 30.5 Å². The summed E-state index contributed by atoms with van der Waals surface area (Å²) in [5.74, 6) is 0.224. The van der Waals surface area contributed by atoms with E-state index in [2.05, 4.69) is 24.0 Å². The molecule has 92 valence electrons. The van der Waals surface area contributed by atoms with Crippen molar-refractivity contribution in [3.05, 3.63) is 51.5 Å². The molecule has 3 rings (SSSR count). The Labute approximate surface area is 111 Å². The van der Waals surface area contributed by atoms with Crippen LogP contribution in [0, 0.1) is 0 Å². The third-order valence-electron chi connectivity index (χ3n) is 3.53. The smallest absolute Gasteiger partial charge is 0.181 e. The van der Waals surface area contributed by atoms with Crippen molar-refractivity contribution in [1.82, 2.24) is 4.98 Å². The number of aryl methyl sites for hydroxylation is 2. The first kappa shape index (κ1) is 11.6. The van der Waals surface area contributed by atoms with Gasteiger partial charge in [-0.25, -0.2) is 0 Å². The van der Waals surface area contributed by atoms with Gasteiger partial charge in [0, 0.05) is 11.1 Å². The van der Waals surface area contributed by atoms with Crippen molar-refractivity contribution in [2.24, 2.45) is 0 Å². The van der Waals surface area contributed by atoms with Crippen LogP contribution < -0.4 is 0 Å². The number of ketones is 1. The van der Waals surface area contributed by atoms with E-state index in [1.807, 2.05) is 12.1 Å². The number of carbonyl (C=O) groups is 1. The minimum absolute atomic E-state index is 0.0236. The lowest BCUT2D eigenvalue weighted by molar-refractivity contribution is 0.0962. The summed E-state index contributed by atoms with van der Waals surface area (Å²) in [5.41, 5.74) is 2.23. The minimum atomic E-state index is -0.0236. The second-order valence-corrected chi connectivity index (χ2v) is 5.79. The highest BCUT2D eigenvalue weighted by atomic mass is 32.1. The molecule has 0 saturated heterocycles. The number of hydrogen-bond acceptors (Lipinski definition) is 3. The van der Waals surface area contributed by atoms with Crippen LogP contribution in [0.2, 0.25) is 0 Å². The van der Waals surface area contributed by atoms with Crippen molar-refractivity contribution in [1.29, 1.82) is 0 Å². The molecular formula is C15H15NOS. The van der Waals surface area contributed by atoms with E-state index in [1.165, 1.54) is 10.4 Å². The highest BCUT2D eigenvalue weighted by molar-refractivity contribution is 7.14. The maximum Gasteiger partial charge on any atom is 0.181 e. The molecule has 2 aromatic heterocycles. The monoisotopic (exact) mass is 257 g/mol. The average molecular weight is 257 g/mol. The van der Waals surface area contributed by atoms with E-state index in [0.29, 0.717) is 0 Å². The van der Waals surface area contributed by atoms with Crippen molar-refractivity contribution in [3.63, 3.8) is 0 Å². The Morgan fingerprint density at radius 3 is 3.11 bits per heavy atom. The molecule has 0 spiro atoms. The van der Waals surface area contributed by atoms with Crippen LogP contribution in [0.1, 0.15) is 45.1 Å². The summed E-state index contributed by atoms with van der Waals surface area (Å²) in [7, 11) is 0. The Bertz CT molecular complexity index is 588. The van der Waals surface area contributed by atoms with Crippen LogP contribution in [-0.2, 0) is 12.8 Å². The Morgan fingerprint density at radius 1 is 1.44 bits per heavy atom. The first-order valence-corrected chi connectivity index (χ1v) is 7.18. The predicted octanol–water partition coefficient (Wildman–Crippen LogP) is 3.62. The molecule has 0 amide bonds. The maximum absolute atomic E-state index is 12.5. The Hall–Kier alpha value is -1.48. The first-order chi connectivity index (χ1) is 8.79. The molecule has 3 heteroatoms. The summed E-state index contributed by atoms with van der Waals surface area (Å²) in [6.45, 7) is 2.12. The number of hydrogen-bond donors (Lipinski definition) is 0. The molecular weight excluding hydrogens is 242 g/mol. The number of aromatic nitrogens is 1.